The van der Waals surface area contributed by atoms with Gasteiger partial charge in [-0.2, -0.15) is 0 Å². The van der Waals surface area contributed by atoms with Gasteiger partial charge in [-0.25, -0.2) is 4.79 Å². The molecule has 1 fully saturated rings. The number of rotatable bonds is 3. The standard InChI is InChI=1S/C16H23N3O3/c1-18(2)16(21)19-9-7-12(8-10-19)15(20)17-13-5-4-6-14(11-13)22-3/h4-6,11-12H,7-10H2,1-3H3,(H,17,20). The fraction of sp³-hybridized carbons (Fsp3) is 0.500. The van der Waals surface area contributed by atoms with Crippen LogP contribution in [0, 0.1) is 5.92 Å². The van der Waals surface area contributed by atoms with Gasteiger partial charge in [-0.05, 0) is 25.0 Å². The minimum absolute atomic E-state index is 0.00482. The van der Waals surface area contributed by atoms with Crippen LogP contribution in [0.25, 0.3) is 0 Å². The average molecular weight is 305 g/mol. The number of ether oxygens (including phenoxy) is 1. The van der Waals surface area contributed by atoms with Gasteiger partial charge in [0.1, 0.15) is 5.75 Å². The number of benzene rings is 1. The van der Waals surface area contributed by atoms with Crippen molar-refractivity contribution in [2.24, 2.45) is 5.92 Å². The van der Waals surface area contributed by atoms with Gasteiger partial charge in [0.2, 0.25) is 5.91 Å². The number of nitrogens with zero attached hydrogens (tertiary/aromatic N) is 2. The number of likely N-dealkylation sites (tertiary alicyclic amines) is 1. The maximum Gasteiger partial charge on any atom is 0.319 e. The summed E-state index contributed by atoms with van der Waals surface area (Å²) >= 11 is 0. The highest BCUT2D eigenvalue weighted by Gasteiger charge is 2.27. The summed E-state index contributed by atoms with van der Waals surface area (Å²) < 4.78 is 5.14. The Kier molecular flexibility index (Phi) is 5.25. The zero-order valence-corrected chi connectivity index (χ0v) is 13.3. The molecule has 0 bridgehead atoms. The number of amides is 3. The summed E-state index contributed by atoms with van der Waals surface area (Å²) in [5.74, 6) is 0.659. The third-order valence-electron chi connectivity index (χ3n) is 3.86. The van der Waals surface area contributed by atoms with Crippen LogP contribution < -0.4 is 10.1 Å². The molecule has 1 aromatic rings. The van der Waals surface area contributed by atoms with Gasteiger partial charge in [-0.15, -0.1) is 0 Å². The molecule has 0 aliphatic carbocycles. The summed E-state index contributed by atoms with van der Waals surface area (Å²) in [5, 5.41) is 2.92. The van der Waals surface area contributed by atoms with E-state index in [9.17, 15) is 9.59 Å². The van der Waals surface area contributed by atoms with E-state index in [1.807, 2.05) is 18.2 Å². The van der Waals surface area contributed by atoms with E-state index in [1.54, 1.807) is 37.1 Å². The fourth-order valence-corrected chi connectivity index (χ4v) is 2.56. The van der Waals surface area contributed by atoms with E-state index in [0.29, 0.717) is 31.7 Å². The Hall–Kier alpha value is -2.24. The van der Waals surface area contributed by atoms with Gasteiger partial charge in [-0.1, -0.05) is 6.07 Å². The number of hydrogen-bond donors (Lipinski definition) is 1. The topological polar surface area (TPSA) is 61.9 Å². The smallest absolute Gasteiger partial charge is 0.319 e. The van der Waals surface area contributed by atoms with Gasteiger partial charge < -0.3 is 19.9 Å². The van der Waals surface area contributed by atoms with Gasteiger partial charge in [0.15, 0.2) is 0 Å². The number of methoxy groups -OCH3 is 1. The Morgan fingerprint density at radius 2 is 1.95 bits per heavy atom. The zero-order valence-electron chi connectivity index (χ0n) is 13.3. The van der Waals surface area contributed by atoms with E-state index in [0.717, 1.165) is 5.69 Å². The van der Waals surface area contributed by atoms with Crippen LogP contribution in [0.5, 0.6) is 5.75 Å². The van der Waals surface area contributed by atoms with Crippen LogP contribution >= 0.6 is 0 Å². The van der Waals surface area contributed by atoms with Crippen molar-refractivity contribution in [2.75, 3.05) is 39.6 Å². The lowest BCUT2D eigenvalue weighted by molar-refractivity contribution is -0.121. The molecular formula is C16H23N3O3. The molecule has 1 saturated heterocycles. The molecule has 6 heteroatoms. The molecule has 22 heavy (non-hydrogen) atoms. The number of urea groups is 1. The van der Waals surface area contributed by atoms with Gasteiger partial charge in [0.05, 0.1) is 7.11 Å². The molecule has 0 spiro atoms. The number of carbonyl (C=O) groups is 2. The van der Waals surface area contributed by atoms with E-state index in [2.05, 4.69) is 5.32 Å². The highest BCUT2D eigenvalue weighted by molar-refractivity contribution is 5.92. The van der Waals surface area contributed by atoms with Crippen molar-refractivity contribution in [1.29, 1.82) is 0 Å². The molecule has 6 nitrogen and oxygen atoms in total. The van der Waals surface area contributed by atoms with Gasteiger partial charge in [0.25, 0.3) is 0 Å². The molecular weight excluding hydrogens is 282 g/mol. The fourth-order valence-electron chi connectivity index (χ4n) is 2.56. The Balaban J connectivity index is 1.88. The highest BCUT2D eigenvalue weighted by Crippen LogP contribution is 2.22. The monoisotopic (exact) mass is 305 g/mol. The van der Waals surface area contributed by atoms with Crippen LogP contribution in [0.15, 0.2) is 24.3 Å². The molecule has 1 aliphatic heterocycles. The van der Waals surface area contributed by atoms with Crippen molar-refractivity contribution in [3.8, 4) is 5.75 Å². The summed E-state index contributed by atoms with van der Waals surface area (Å²) in [6.45, 7) is 1.24. The lowest BCUT2D eigenvalue weighted by atomic mass is 9.96. The van der Waals surface area contributed by atoms with Crippen molar-refractivity contribution in [1.82, 2.24) is 9.80 Å². The first-order valence-corrected chi connectivity index (χ1v) is 7.42. The molecule has 0 atom stereocenters. The Morgan fingerprint density at radius 1 is 1.27 bits per heavy atom. The lowest BCUT2D eigenvalue weighted by Crippen LogP contribution is -2.45. The van der Waals surface area contributed by atoms with E-state index in [-0.39, 0.29) is 17.9 Å². The van der Waals surface area contributed by atoms with Crippen LogP contribution in [0.2, 0.25) is 0 Å². The molecule has 0 aromatic heterocycles. The number of nitrogens with one attached hydrogen (secondary N) is 1. The quantitative estimate of drug-likeness (QED) is 0.929. The van der Waals surface area contributed by atoms with Crippen molar-refractivity contribution < 1.29 is 14.3 Å². The Morgan fingerprint density at radius 3 is 2.55 bits per heavy atom. The number of carbonyl (C=O) groups excluding carboxylic acids is 2. The maximum absolute atomic E-state index is 12.3. The van der Waals surface area contributed by atoms with Crippen LogP contribution in [-0.4, -0.2) is 56.0 Å². The molecule has 1 heterocycles. The van der Waals surface area contributed by atoms with Crippen LogP contribution in [0.4, 0.5) is 10.5 Å². The summed E-state index contributed by atoms with van der Waals surface area (Å²) in [5.41, 5.74) is 0.733. The number of anilines is 1. The van der Waals surface area contributed by atoms with Crippen molar-refractivity contribution >= 4 is 17.6 Å². The first-order chi connectivity index (χ1) is 10.5. The van der Waals surface area contributed by atoms with Crippen LogP contribution in [0.1, 0.15) is 12.8 Å². The Labute approximate surface area is 131 Å². The summed E-state index contributed by atoms with van der Waals surface area (Å²) in [6, 6.07) is 7.31. The first kappa shape index (κ1) is 16.1. The second-order valence-electron chi connectivity index (χ2n) is 5.66. The molecule has 2 rings (SSSR count). The summed E-state index contributed by atoms with van der Waals surface area (Å²) in [4.78, 5) is 27.5. The SMILES string of the molecule is COc1cccc(NC(=O)C2CCN(C(=O)N(C)C)CC2)c1. The van der Waals surface area contributed by atoms with Gasteiger partial charge >= 0.3 is 6.03 Å². The second kappa shape index (κ2) is 7.15. The molecule has 3 amide bonds. The molecule has 0 saturated carbocycles. The molecule has 0 unspecified atom stereocenters. The molecule has 0 radical (unpaired) electrons. The second-order valence-corrected chi connectivity index (χ2v) is 5.66. The minimum atomic E-state index is -0.0580. The van der Waals surface area contributed by atoms with Crippen LogP contribution in [0.3, 0.4) is 0 Å². The van der Waals surface area contributed by atoms with Crippen LogP contribution in [-0.2, 0) is 4.79 Å². The van der Waals surface area contributed by atoms with Gasteiger partial charge in [0, 0.05) is 44.9 Å². The Bertz CT molecular complexity index is 537. The number of piperidine rings is 1. The largest absolute Gasteiger partial charge is 0.497 e. The van der Waals surface area contributed by atoms with E-state index in [1.165, 1.54) is 0 Å². The normalized spacial score (nSPS) is 15.3. The molecule has 1 N–H and O–H groups in total. The van der Waals surface area contributed by atoms with Gasteiger partial charge in [-0.3, -0.25) is 4.79 Å². The van der Waals surface area contributed by atoms with Crippen molar-refractivity contribution in [3.05, 3.63) is 24.3 Å². The van der Waals surface area contributed by atoms with E-state index >= 15 is 0 Å². The van der Waals surface area contributed by atoms with E-state index in [4.69, 9.17) is 4.74 Å². The number of hydrogen-bond acceptors (Lipinski definition) is 3. The molecule has 1 aliphatic rings. The van der Waals surface area contributed by atoms with Crippen molar-refractivity contribution in [2.45, 2.75) is 12.8 Å². The maximum atomic E-state index is 12.3. The predicted molar refractivity (Wildman–Crippen MR) is 85.0 cm³/mol. The zero-order chi connectivity index (χ0) is 16.1. The van der Waals surface area contributed by atoms with E-state index < -0.39 is 0 Å². The lowest BCUT2D eigenvalue weighted by Gasteiger charge is -2.33. The third kappa shape index (κ3) is 3.90. The first-order valence-electron chi connectivity index (χ1n) is 7.42. The third-order valence-corrected chi connectivity index (χ3v) is 3.86. The predicted octanol–water partition coefficient (Wildman–Crippen LogP) is 2.03. The summed E-state index contributed by atoms with van der Waals surface area (Å²) in [7, 11) is 5.08. The molecule has 1 aromatic carbocycles. The summed E-state index contributed by atoms with van der Waals surface area (Å²) in [6.07, 6.45) is 1.38. The molecule has 120 valence electrons. The van der Waals surface area contributed by atoms with Crippen molar-refractivity contribution in [3.63, 3.8) is 0 Å². The highest BCUT2D eigenvalue weighted by atomic mass is 16.5. The minimum Gasteiger partial charge on any atom is -0.497 e. The average Bonchev–Trinajstić information content (AvgIpc) is 2.54.